The molecule has 20 heavy (non-hydrogen) atoms. The van der Waals surface area contributed by atoms with Crippen molar-refractivity contribution < 1.29 is 19.4 Å². The molecule has 0 aliphatic rings. The number of carboxylic acid groups (broad SMARTS) is 1. The van der Waals surface area contributed by atoms with E-state index in [2.05, 4.69) is 0 Å². The monoisotopic (exact) mass is 273 g/mol. The van der Waals surface area contributed by atoms with E-state index in [9.17, 15) is 4.79 Å². The first-order valence-corrected chi connectivity index (χ1v) is 6.09. The maximum atomic E-state index is 10.6. The summed E-state index contributed by atoms with van der Waals surface area (Å²) < 4.78 is 10.9. The van der Waals surface area contributed by atoms with Gasteiger partial charge in [0.25, 0.3) is 0 Å². The van der Waals surface area contributed by atoms with E-state index in [4.69, 9.17) is 20.3 Å². The van der Waals surface area contributed by atoms with Crippen molar-refractivity contribution in [2.24, 2.45) is 5.73 Å². The number of para-hydroxylation sites is 1. The van der Waals surface area contributed by atoms with Crippen LogP contribution in [0.3, 0.4) is 0 Å². The van der Waals surface area contributed by atoms with E-state index in [1.807, 2.05) is 30.3 Å². The van der Waals surface area contributed by atoms with Crippen LogP contribution in [0, 0.1) is 0 Å². The lowest BCUT2D eigenvalue weighted by molar-refractivity contribution is -0.139. The van der Waals surface area contributed by atoms with Crippen LogP contribution in [0.1, 0.15) is 0 Å². The molecule has 1 unspecified atom stereocenters. The van der Waals surface area contributed by atoms with Crippen molar-refractivity contribution in [3.05, 3.63) is 54.6 Å². The van der Waals surface area contributed by atoms with Gasteiger partial charge in [-0.25, -0.2) is 0 Å². The van der Waals surface area contributed by atoms with Crippen LogP contribution in [0.15, 0.2) is 54.6 Å². The summed E-state index contributed by atoms with van der Waals surface area (Å²) in [6, 6.07) is 15.3. The molecule has 2 aromatic carbocycles. The molecule has 5 heteroatoms. The van der Waals surface area contributed by atoms with Crippen molar-refractivity contribution in [2.75, 3.05) is 6.61 Å². The molecule has 3 N–H and O–H groups in total. The second-order valence-electron chi connectivity index (χ2n) is 4.14. The Bertz CT molecular complexity index is 554. The number of hydrogen-bond acceptors (Lipinski definition) is 4. The lowest BCUT2D eigenvalue weighted by Crippen LogP contribution is -2.36. The standard InChI is InChI=1S/C15H15NO4/c16-14(15(17)18)10-19-11-6-8-13(9-7-11)20-12-4-2-1-3-5-12/h1-9,14H,10,16H2,(H,17,18). The van der Waals surface area contributed by atoms with Gasteiger partial charge in [-0.1, -0.05) is 18.2 Å². The largest absolute Gasteiger partial charge is 0.491 e. The summed E-state index contributed by atoms with van der Waals surface area (Å²) in [4.78, 5) is 10.6. The van der Waals surface area contributed by atoms with Gasteiger partial charge in [0.05, 0.1) is 0 Å². The van der Waals surface area contributed by atoms with Crippen LogP contribution in [-0.4, -0.2) is 23.7 Å². The van der Waals surface area contributed by atoms with Crippen molar-refractivity contribution in [3.63, 3.8) is 0 Å². The predicted octanol–water partition coefficient (Wildman–Crippen LogP) is 2.27. The van der Waals surface area contributed by atoms with E-state index < -0.39 is 12.0 Å². The summed E-state index contributed by atoms with van der Waals surface area (Å²) >= 11 is 0. The number of nitrogens with two attached hydrogens (primary N) is 1. The fraction of sp³-hybridized carbons (Fsp3) is 0.133. The predicted molar refractivity (Wildman–Crippen MR) is 74.1 cm³/mol. The molecule has 0 bridgehead atoms. The molecule has 0 aliphatic heterocycles. The normalized spacial score (nSPS) is 11.7. The lowest BCUT2D eigenvalue weighted by Gasteiger charge is -2.10. The van der Waals surface area contributed by atoms with Gasteiger partial charge < -0.3 is 20.3 Å². The molecule has 1 atom stereocenters. The third-order valence-corrected chi connectivity index (χ3v) is 2.55. The SMILES string of the molecule is NC(COc1ccc(Oc2ccccc2)cc1)C(=O)O. The first kappa shape index (κ1) is 13.9. The molecule has 2 aromatic rings. The topological polar surface area (TPSA) is 81.8 Å². The van der Waals surface area contributed by atoms with Crippen molar-refractivity contribution in [2.45, 2.75) is 6.04 Å². The number of rotatable bonds is 6. The molecule has 0 fully saturated rings. The minimum atomic E-state index is -1.09. The average molecular weight is 273 g/mol. The zero-order valence-electron chi connectivity index (χ0n) is 10.7. The van der Waals surface area contributed by atoms with Gasteiger partial charge in [-0.05, 0) is 36.4 Å². The number of aliphatic carboxylic acids is 1. The molecule has 0 heterocycles. The van der Waals surface area contributed by atoms with E-state index in [-0.39, 0.29) is 6.61 Å². The van der Waals surface area contributed by atoms with Gasteiger partial charge in [-0.3, -0.25) is 4.79 Å². The van der Waals surface area contributed by atoms with Crippen LogP contribution < -0.4 is 15.2 Å². The molecule has 0 spiro atoms. The summed E-state index contributed by atoms with van der Waals surface area (Å²) in [6.45, 7) is -0.0752. The van der Waals surface area contributed by atoms with E-state index in [1.54, 1.807) is 24.3 Å². The van der Waals surface area contributed by atoms with Crippen molar-refractivity contribution in [1.82, 2.24) is 0 Å². The van der Waals surface area contributed by atoms with Gasteiger partial charge in [-0.15, -0.1) is 0 Å². The van der Waals surface area contributed by atoms with Gasteiger partial charge in [0, 0.05) is 0 Å². The molecule has 0 radical (unpaired) electrons. The smallest absolute Gasteiger partial charge is 0.324 e. The summed E-state index contributed by atoms with van der Waals surface area (Å²) in [7, 11) is 0. The number of benzene rings is 2. The van der Waals surface area contributed by atoms with E-state index in [0.717, 1.165) is 5.75 Å². The molecular formula is C15H15NO4. The highest BCUT2D eigenvalue weighted by atomic mass is 16.5. The van der Waals surface area contributed by atoms with Gasteiger partial charge in [0.2, 0.25) is 0 Å². The average Bonchev–Trinajstić information content (AvgIpc) is 2.47. The summed E-state index contributed by atoms with van der Waals surface area (Å²) in [5.74, 6) is 0.872. The summed E-state index contributed by atoms with van der Waals surface area (Å²) in [6.07, 6.45) is 0. The Balaban J connectivity index is 1.91. The van der Waals surface area contributed by atoms with Crippen LogP contribution in [-0.2, 0) is 4.79 Å². The Morgan fingerprint density at radius 1 is 1.00 bits per heavy atom. The zero-order chi connectivity index (χ0) is 14.4. The molecular weight excluding hydrogens is 258 g/mol. The van der Waals surface area contributed by atoms with Crippen LogP contribution >= 0.6 is 0 Å². The highest BCUT2D eigenvalue weighted by molar-refractivity contribution is 5.73. The molecule has 0 saturated heterocycles. The summed E-state index contributed by atoms with van der Waals surface area (Å²) in [5.41, 5.74) is 5.35. The fourth-order valence-electron chi connectivity index (χ4n) is 1.49. The van der Waals surface area contributed by atoms with E-state index in [0.29, 0.717) is 11.5 Å². The Labute approximate surface area is 116 Å². The van der Waals surface area contributed by atoms with Crippen LogP contribution in [0.25, 0.3) is 0 Å². The second kappa shape index (κ2) is 6.58. The Kier molecular flexibility index (Phi) is 4.57. The van der Waals surface area contributed by atoms with Crippen LogP contribution in [0.2, 0.25) is 0 Å². The maximum absolute atomic E-state index is 10.6. The van der Waals surface area contributed by atoms with E-state index >= 15 is 0 Å². The Morgan fingerprint density at radius 3 is 2.15 bits per heavy atom. The molecule has 5 nitrogen and oxygen atoms in total. The summed E-state index contributed by atoms with van der Waals surface area (Å²) in [5, 5.41) is 8.64. The molecule has 0 amide bonds. The fourth-order valence-corrected chi connectivity index (χ4v) is 1.49. The lowest BCUT2D eigenvalue weighted by atomic mass is 10.3. The van der Waals surface area contributed by atoms with E-state index in [1.165, 1.54) is 0 Å². The first-order chi connectivity index (χ1) is 9.65. The van der Waals surface area contributed by atoms with Crippen molar-refractivity contribution in [3.8, 4) is 17.2 Å². The molecule has 0 saturated carbocycles. The first-order valence-electron chi connectivity index (χ1n) is 6.09. The van der Waals surface area contributed by atoms with Gasteiger partial charge in [-0.2, -0.15) is 0 Å². The number of carboxylic acids is 1. The van der Waals surface area contributed by atoms with Gasteiger partial charge in [0.15, 0.2) is 0 Å². The Hall–Kier alpha value is -2.53. The number of hydrogen-bond donors (Lipinski definition) is 2. The highest BCUT2D eigenvalue weighted by Gasteiger charge is 2.11. The molecule has 0 aromatic heterocycles. The Morgan fingerprint density at radius 2 is 1.55 bits per heavy atom. The minimum Gasteiger partial charge on any atom is -0.491 e. The molecule has 104 valence electrons. The maximum Gasteiger partial charge on any atom is 0.324 e. The minimum absolute atomic E-state index is 0.0752. The van der Waals surface area contributed by atoms with Crippen molar-refractivity contribution in [1.29, 1.82) is 0 Å². The third kappa shape index (κ3) is 4.00. The van der Waals surface area contributed by atoms with Gasteiger partial charge >= 0.3 is 5.97 Å². The molecule has 0 aliphatic carbocycles. The van der Waals surface area contributed by atoms with Crippen LogP contribution in [0.5, 0.6) is 17.2 Å². The van der Waals surface area contributed by atoms with Crippen LogP contribution in [0.4, 0.5) is 0 Å². The van der Waals surface area contributed by atoms with Crippen molar-refractivity contribution >= 4 is 5.97 Å². The zero-order valence-corrected chi connectivity index (χ0v) is 10.7. The van der Waals surface area contributed by atoms with Gasteiger partial charge in [0.1, 0.15) is 29.9 Å². The quantitative estimate of drug-likeness (QED) is 0.843. The second-order valence-corrected chi connectivity index (χ2v) is 4.14. The third-order valence-electron chi connectivity index (χ3n) is 2.55. The highest BCUT2D eigenvalue weighted by Crippen LogP contribution is 2.23. The number of ether oxygens (including phenoxy) is 2. The molecule has 2 rings (SSSR count). The number of carbonyl (C=O) groups is 1.